The molecule has 0 bridgehead atoms. The van der Waals surface area contributed by atoms with Gasteiger partial charge in [-0.1, -0.05) is 36.4 Å². The molecule has 3 heteroatoms. The molecule has 0 saturated heterocycles. The Morgan fingerprint density at radius 3 is 1.53 bits per heavy atom. The fourth-order valence-corrected chi connectivity index (χ4v) is 3.74. The van der Waals surface area contributed by atoms with Crippen LogP contribution in [0.4, 0.5) is 0 Å². The van der Waals surface area contributed by atoms with Crippen LogP contribution in [0, 0.1) is 0 Å². The van der Waals surface area contributed by atoms with E-state index < -0.39 is 10.6 Å². The number of rotatable bonds is 0. The monoisotopic (exact) mass is 218 g/mol. The standard InChI is InChI=1S/C12H10O2S/c13-15(14)11-7-3-1-5-9(11)10-6-2-4-8-12(10)15/h1-8,13-14H. The highest BCUT2D eigenvalue weighted by molar-refractivity contribution is 8.24. The summed E-state index contributed by atoms with van der Waals surface area (Å²) < 4.78 is 20.3. The van der Waals surface area contributed by atoms with Gasteiger partial charge in [-0.15, -0.1) is 10.6 Å². The quantitative estimate of drug-likeness (QED) is 0.705. The van der Waals surface area contributed by atoms with E-state index in [4.69, 9.17) is 0 Å². The molecule has 0 saturated carbocycles. The second-order valence-electron chi connectivity index (χ2n) is 3.54. The van der Waals surface area contributed by atoms with E-state index in [2.05, 4.69) is 0 Å². The molecule has 2 aromatic rings. The van der Waals surface area contributed by atoms with E-state index in [0.717, 1.165) is 11.1 Å². The highest BCUT2D eigenvalue weighted by atomic mass is 32.3. The van der Waals surface area contributed by atoms with Gasteiger partial charge >= 0.3 is 0 Å². The molecule has 1 aliphatic rings. The van der Waals surface area contributed by atoms with Crippen LogP contribution >= 0.6 is 10.6 Å². The summed E-state index contributed by atoms with van der Waals surface area (Å²) in [5.41, 5.74) is 1.88. The Labute approximate surface area is 89.5 Å². The molecule has 2 nitrogen and oxygen atoms in total. The Kier molecular flexibility index (Phi) is 1.71. The number of hydrogen-bond donors (Lipinski definition) is 2. The summed E-state index contributed by atoms with van der Waals surface area (Å²) in [7, 11) is -2.76. The van der Waals surface area contributed by atoms with E-state index in [1.807, 2.05) is 36.4 Å². The molecule has 2 aromatic carbocycles. The molecular weight excluding hydrogens is 208 g/mol. The molecule has 0 unspecified atom stereocenters. The average Bonchev–Trinajstić information content (AvgIpc) is 2.51. The molecule has 0 aliphatic carbocycles. The highest BCUT2D eigenvalue weighted by Crippen LogP contribution is 2.66. The number of hydrogen-bond acceptors (Lipinski definition) is 2. The zero-order valence-electron chi connectivity index (χ0n) is 7.92. The smallest absolute Gasteiger partial charge is 0.0716 e. The van der Waals surface area contributed by atoms with E-state index in [0.29, 0.717) is 9.79 Å². The second kappa shape index (κ2) is 2.85. The lowest BCUT2D eigenvalue weighted by Crippen LogP contribution is -1.93. The van der Waals surface area contributed by atoms with Crippen LogP contribution in [0.3, 0.4) is 0 Å². The van der Waals surface area contributed by atoms with Crippen LogP contribution in [-0.2, 0) is 0 Å². The number of benzene rings is 2. The summed E-state index contributed by atoms with van der Waals surface area (Å²) >= 11 is 0. The van der Waals surface area contributed by atoms with Crippen molar-refractivity contribution in [2.45, 2.75) is 9.79 Å². The summed E-state index contributed by atoms with van der Waals surface area (Å²) in [6.07, 6.45) is 0. The molecule has 0 radical (unpaired) electrons. The summed E-state index contributed by atoms with van der Waals surface area (Å²) in [4.78, 5) is 1.29. The Hall–Kier alpha value is -1.29. The Morgan fingerprint density at radius 2 is 1.07 bits per heavy atom. The lowest BCUT2D eigenvalue weighted by atomic mass is 10.1. The molecule has 3 rings (SSSR count). The van der Waals surface area contributed by atoms with Gasteiger partial charge in [0, 0.05) is 11.1 Å². The molecule has 0 spiro atoms. The van der Waals surface area contributed by atoms with E-state index in [1.54, 1.807) is 12.1 Å². The molecule has 0 fully saturated rings. The minimum absolute atomic E-state index is 0.645. The summed E-state index contributed by atoms with van der Waals surface area (Å²) in [6, 6.07) is 14.9. The average molecular weight is 218 g/mol. The maximum Gasteiger partial charge on any atom is 0.0716 e. The van der Waals surface area contributed by atoms with E-state index in [1.165, 1.54) is 0 Å². The molecule has 2 N–H and O–H groups in total. The lowest BCUT2D eigenvalue weighted by molar-refractivity contribution is 0.490. The van der Waals surface area contributed by atoms with Gasteiger partial charge in [-0.2, -0.15) is 0 Å². The Morgan fingerprint density at radius 1 is 0.667 bits per heavy atom. The van der Waals surface area contributed by atoms with Crippen LogP contribution in [0.25, 0.3) is 11.1 Å². The largest absolute Gasteiger partial charge is 0.290 e. The first-order valence-corrected chi connectivity index (χ1v) is 6.22. The molecular formula is C12H10O2S. The van der Waals surface area contributed by atoms with Crippen LogP contribution in [0.2, 0.25) is 0 Å². The molecule has 0 amide bonds. The Bertz CT molecular complexity index is 487. The molecule has 0 aromatic heterocycles. The van der Waals surface area contributed by atoms with Crippen LogP contribution < -0.4 is 0 Å². The first-order chi connectivity index (χ1) is 7.21. The van der Waals surface area contributed by atoms with Crippen molar-refractivity contribution in [2.75, 3.05) is 0 Å². The predicted octanol–water partition coefficient (Wildman–Crippen LogP) is 3.84. The van der Waals surface area contributed by atoms with E-state index in [9.17, 15) is 9.11 Å². The van der Waals surface area contributed by atoms with Gasteiger partial charge in [-0.25, -0.2) is 0 Å². The van der Waals surface area contributed by atoms with E-state index >= 15 is 0 Å². The van der Waals surface area contributed by atoms with Crippen molar-refractivity contribution in [2.24, 2.45) is 0 Å². The van der Waals surface area contributed by atoms with Crippen molar-refractivity contribution >= 4 is 10.6 Å². The van der Waals surface area contributed by atoms with Crippen LogP contribution in [0.15, 0.2) is 58.3 Å². The van der Waals surface area contributed by atoms with Crippen molar-refractivity contribution in [1.82, 2.24) is 0 Å². The zero-order valence-corrected chi connectivity index (χ0v) is 8.74. The molecule has 1 heterocycles. The SMILES string of the molecule is OS1(O)c2ccccc2-c2ccccc21. The normalized spacial score (nSPS) is 18.0. The number of fused-ring (bicyclic) bond motifs is 3. The van der Waals surface area contributed by atoms with Gasteiger partial charge in [0.05, 0.1) is 9.79 Å². The third-order valence-corrected chi connectivity index (χ3v) is 4.62. The van der Waals surface area contributed by atoms with Gasteiger partial charge in [0.2, 0.25) is 0 Å². The lowest BCUT2D eigenvalue weighted by Gasteiger charge is -2.28. The summed E-state index contributed by atoms with van der Waals surface area (Å²) in [5.74, 6) is 0. The Balaban J connectivity index is 2.42. The summed E-state index contributed by atoms with van der Waals surface area (Å²) in [5, 5.41) is 0. The van der Waals surface area contributed by atoms with Crippen molar-refractivity contribution in [1.29, 1.82) is 0 Å². The maximum atomic E-state index is 10.1. The highest BCUT2D eigenvalue weighted by Gasteiger charge is 2.32. The van der Waals surface area contributed by atoms with Crippen LogP contribution in [-0.4, -0.2) is 9.11 Å². The van der Waals surface area contributed by atoms with Crippen molar-refractivity contribution in [3.8, 4) is 11.1 Å². The van der Waals surface area contributed by atoms with Gasteiger partial charge in [0.25, 0.3) is 0 Å². The topological polar surface area (TPSA) is 40.5 Å². The van der Waals surface area contributed by atoms with Crippen LogP contribution in [0.1, 0.15) is 0 Å². The van der Waals surface area contributed by atoms with Gasteiger partial charge in [0.15, 0.2) is 0 Å². The van der Waals surface area contributed by atoms with Crippen molar-refractivity contribution in [3.05, 3.63) is 48.5 Å². The molecule has 15 heavy (non-hydrogen) atoms. The molecule has 76 valence electrons. The molecule has 0 atom stereocenters. The zero-order chi connectivity index (χ0) is 10.5. The third-order valence-electron chi connectivity index (χ3n) is 2.68. The van der Waals surface area contributed by atoms with Crippen molar-refractivity contribution in [3.63, 3.8) is 0 Å². The third kappa shape index (κ3) is 1.08. The fourth-order valence-electron chi connectivity index (χ4n) is 1.99. The van der Waals surface area contributed by atoms with Crippen molar-refractivity contribution < 1.29 is 9.11 Å². The van der Waals surface area contributed by atoms with Crippen LogP contribution in [0.5, 0.6) is 0 Å². The minimum atomic E-state index is -2.76. The first kappa shape index (κ1) is 8.97. The fraction of sp³-hybridized carbons (Fsp3) is 0. The van der Waals surface area contributed by atoms with Gasteiger partial charge in [0.1, 0.15) is 0 Å². The van der Waals surface area contributed by atoms with Gasteiger partial charge in [-0.05, 0) is 12.1 Å². The predicted molar refractivity (Wildman–Crippen MR) is 61.3 cm³/mol. The second-order valence-corrected chi connectivity index (χ2v) is 5.52. The van der Waals surface area contributed by atoms with Gasteiger partial charge in [-0.3, -0.25) is 9.11 Å². The summed E-state index contributed by atoms with van der Waals surface area (Å²) in [6.45, 7) is 0. The van der Waals surface area contributed by atoms with Gasteiger partial charge < -0.3 is 0 Å². The van der Waals surface area contributed by atoms with E-state index in [-0.39, 0.29) is 0 Å². The maximum absolute atomic E-state index is 10.1. The first-order valence-electron chi connectivity index (χ1n) is 4.68. The minimum Gasteiger partial charge on any atom is -0.290 e. The molecule has 1 aliphatic heterocycles.